The van der Waals surface area contributed by atoms with Crippen LogP contribution in [0.4, 0.5) is 4.39 Å². The Hall–Kier alpha value is -1.38. The maximum absolute atomic E-state index is 13.4. The van der Waals surface area contributed by atoms with E-state index in [1.807, 2.05) is 33.8 Å². The minimum Gasteiger partial charge on any atom is -0.349 e. The van der Waals surface area contributed by atoms with Crippen LogP contribution in [0.15, 0.2) is 18.2 Å². The van der Waals surface area contributed by atoms with E-state index in [1.54, 1.807) is 13.0 Å². The van der Waals surface area contributed by atoms with E-state index in [2.05, 4.69) is 5.32 Å². The smallest absolute Gasteiger partial charge is 0.225 e. The minimum atomic E-state index is -0.433. The Bertz CT molecular complexity index is 421. The first-order valence-corrected chi connectivity index (χ1v) is 5.79. The molecule has 1 unspecified atom stereocenters. The van der Waals surface area contributed by atoms with Crippen LogP contribution >= 0.6 is 0 Å². The summed E-state index contributed by atoms with van der Waals surface area (Å²) in [6.45, 7) is 9.13. The summed E-state index contributed by atoms with van der Waals surface area (Å²) in [5.41, 5.74) is 0.964. The SMILES string of the molecule is Cc1ccc(C(C)NC(=O)C(C)(C)C)cc1F. The van der Waals surface area contributed by atoms with Crippen LogP contribution in [0.3, 0.4) is 0 Å². The zero-order valence-corrected chi connectivity index (χ0v) is 11.1. The van der Waals surface area contributed by atoms with Crippen molar-refractivity contribution in [2.24, 2.45) is 5.41 Å². The fourth-order valence-electron chi connectivity index (χ4n) is 1.37. The lowest BCUT2D eigenvalue weighted by Crippen LogP contribution is -2.36. The van der Waals surface area contributed by atoms with Crippen LogP contribution in [0.2, 0.25) is 0 Å². The number of halogens is 1. The molecule has 0 fully saturated rings. The van der Waals surface area contributed by atoms with Gasteiger partial charge >= 0.3 is 0 Å². The van der Waals surface area contributed by atoms with Gasteiger partial charge in [-0.3, -0.25) is 4.79 Å². The molecule has 0 aliphatic carbocycles. The number of hydrogen-bond donors (Lipinski definition) is 1. The second kappa shape index (κ2) is 4.86. The molecule has 0 spiro atoms. The fourth-order valence-corrected chi connectivity index (χ4v) is 1.37. The van der Waals surface area contributed by atoms with Crippen molar-refractivity contribution in [2.75, 3.05) is 0 Å². The van der Waals surface area contributed by atoms with Gasteiger partial charge in [0.2, 0.25) is 5.91 Å². The maximum atomic E-state index is 13.4. The van der Waals surface area contributed by atoms with Crippen LogP contribution in [-0.2, 0) is 4.79 Å². The van der Waals surface area contributed by atoms with E-state index < -0.39 is 5.41 Å². The van der Waals surface area contributed by atoms with Crippen molar-refractivity contribution in [2.45, 2.75) is 40.7 Å². The first-order chi connectivity index (χ1) is 7.71. The van der Waals surface area contributed by atoms with Gasteiger partial charge in [-0.2, -0.15) is 0 Å². The monoisotopic (exact) mass is 237 g/mol. The molecular formula is C14H20FNO. The van der Waals surface area contributed by atoms with Crippen molar-refractivity contribution in [3.05, 3.63) is 35.1 Å². The summed E-state index contributed by atoms with van der Waals surface area (Å²) in [6.07, 6.45) is 0. The summed E-state index contributed by atoms with van der Waals surface area (Å²) in [6, 6.07) is 4.86. The second-order valence-corrected chi connectivity index (χ2v) is 5.45. The van der Waals surface area contributed by atoms with Crippen molar-refractivity contribution < 1.29 is 9.18 Å². The molecule has 1 amide bonds. The Balaban J connectivity index is 2.80. The molecule has 0 aliphatic rings. The molecule has 2 nitrogen and oxygen atoms in total. The molecule has 1 atom stereocenters. The number of amides is 1. The molecule has 1 aromatic rings. The Morgan fingerprint density at radius 2 is 1.94 bits per heavy atom. The maximum Gasteiger partial charge on any atom is 0.225 e. The largest absolute Gasteiger partial charge is 0.349 e. The third-order valence-corrected chi connectivity index (χ3v) is 2.72. The van der Waals surface area contributed by atoms with E-state index in [9.17, 15) is 9.18 Å². The molecule has 0 saturated carbocycles. The summed E-state index contributed by atoms with van der Waals surface area (Å²) in [7, 11) is 0. The average Bonchev–Trinajstić information content (AvgIpc) is 2.20. The number of aryl methyl sites for hydroxylation is 1. The highest BCUT2D eigenvalue weighted by atomic mass is 19.1. The predicted octanol–water partition coefficient (Wildman–Crippen LogP) is 3.36. The summed E-state index contributed by atoms with van der Waals surface area (Å²) in [5.74, 6) is -0.273. The third-order valence-electron chi connectivity index (χ3n) is 2.72. The van der Waals surface area contributed by atoms with Crippen molar-refractivity contribution in [1.82, 2.24) is 5.32 Å². The number of carbonyl (C=O) groups excluding carboxylic acids is 1. The first kappa shape index (κ1) is 13.7. The topological polar surface area (TPSA) is 29.1 Å². The summed E-state index contributed by atoms with van der Waals surface area (Å²) in [5, 5.41) is 2.88. The molecule has 1 N–H and O–H groups in total. The molecule has 17 heavy (non-hydrogen) atoms. The molecule has 1 rings (SSSR count). The molecule has 3 heteroatoms. The first-order valence-electron chi connectivity index (χ1n) is 5.79. The lowest BCUT2D eigenvalue weighted by atomic mass is 9.94. The number of nitrogens with one attached hydrogen (secondary N) is 1. The van der Waals surface area contributed by atoms with Crippen molar-refractivity contribution in [3.8, 4) is 0 Å². The molecule has 0 radical (unpaired) electrons. The summed E-state index contributed by atoms with van der Waals surface area (Å²) in [4.78, 5) is 11.8. The molecule has 0 heterocycles. The second-order valence-electron chi connectivity index (χ2n) is 5.45. The average molecular weight is 237 g/mol. The highest BCUT2D eigenvalue weighted by molar-refractivity contribution is 5.81. The zero-order valence-electron chi connectivity index (χ0n) is 11.1. The van der Waals surface area contributed by atoms with Crippen molar-refractivity contribution in [1.29, 1.82) is 0 Å². The fraction of sp³-hybridized carbons (Fsp3) is 0.500. The van der Waals surface area contributed by atoms with Crippen LogP contribution in [0.1, 0.15) is 44.9 Å². The number of benzene rings is 1. The van der Waals surface area contributed by atoms with Gasteiger partial charge in [-0.05, 0) is 31.0 Å². The molecule has 94 valence electrons. The third kappa shape index (κ3) is 3.55. The van der Waals surface area contributed by atoms with Crippen molar-refractivity contribution >= 4 is 5.91 Å². The van der Waals surface area contributed by atoms with E-state index in [4.69, 9.17) is 0 Å². The molecule has 0 aliphatic heterocycles. The van der Waals surface area contributed by atoms with Crippen molar-refractivity contribution in [3.63, 3.8) is 0 Å². The van der Waals surface area contributed by atoms with E-state index in [0.717, 1.165) is 5.56 Å². The van der Waals surface area contributed by atoms with Crippen LogP contribution in [0, 0.1) is 18.2 Å². The minimum absolute atomic E-state index is 0.0361. The summed E-state index contributed by atoms with van der Waals surface area (Å²) < 4.78 is 13.4. The van der Waals surface area contributed by atoms with Gasteiger partial charge in [-0.25, -0.2) is 4.39 Å². The highest BCUT2D eigenvalue weighted by Gasteiger charge is 2.23. The Labute approximate surface area is 102 Å². The Morgan fingerprint density at radius 1 is 1.35 bits per heavy atom. The van der Waals surface area contributed by atoms with Gasteiger partial charge in [-0.1, -0.05) is 32.9 Å². The van der Waals surface area contributed by atoms with Gasteiger partial charge in [0.05, 0.1) is 6.04 Å². The number of carbonyl (C=O) groups is 1. The lowest BCUT2D eigenvalue weighted by molar-refractivity contribution is -0.129. The van der Waals surface area contributed by atoms with Crippen LogP contribution < -0.4 is 5.32 Å². The van der Waals surface area contributed by atoms with Gasteiger partial charge in [0.25, 0.3) is 0 Å². The van der Waals surface area contributed by atoms with E-state index >= 15 is 0 Å². The molecule has 1 aromatic carbocycles. The Kier molecular flexibility index (Phi) is 3.91. The summed E-state index contributed by atoms with van der Waals surface area (Å²) >= 11 is 0. The van der Waals surface area contributed by atoms with E-state index in [-0.39, 0.29) is 17.8 Å². The van der Waals surface area contributed by atoms with Crippen LogP contribution in [-0.4, -0.2) is 5.91 Å². The lowest BCUT2D eigenvalue weighted by Gasteiger charge is -2.22. The van der Waals surface area contributed by atoms with Gasteiger partial charge in [-0.15, -0.1) is 0 Å². The molecular weight excluding hydrogens is 217 g/mol. The predicted molar refractivity (Wildman–Crippen MR) is 67.1 cm³/mol. The molecule has 0 saturated heterocycles. The normalized spacial score (nSPS) is 13.3. The molecule has 0 bridgehead atoms. The van der Waals surface area contributed by atoms with Crippen LogP contribution in [0.5, 0.6) is 0 Å². The number of hydrogen-bond acceptors (Lipinski definition) is 1. The van der Waals surface area contributed by atoms with Crippen LogP contribution in [0.25, 0.3) is 0 Å². The standard InChI is InChI=1S/C14H20FNO/c1-9-6-7-11(8-12(9)15)10(2)16-13(17)14(3,4)5/h6-8,10H,1-5H3,(H,16,17). The van der Waals surface area contributed by atoms with E-state index in [0.29, 0.717) is 5.56 Å². The zero-order chi connectivity index (χ0) is 13.2. The Morgan fingerprint density at radius 3 is 2.41 bits per heavy atom. The molecule has 0 aromatic heterocycles. The van der Waals surface area contributed by atoms with Gasteiger partial charge in [0.15, 0.2) is 0 Å². The van der Waals surface area contributed by atoms with Gasteiger partial charge < -0.3 is 5.32 Å². The van der Waals surface area contributed by atoms with Gasteiger partial charge in [0, 0.05) is 5.41 Å². The number of rotatable bonds is 2. The van der Waals surface area contributed by atoms with E-state index in [1.165, 1.54) is 6.07 Å². The van der Waals surface area contributed by atoms with Gasteiger partial charge in [0.1, 0.15) is 5.82 Å². The quantitative estimate of drug-likeness (QED) is 0.839. The highest BCUT2D eigenvalue weighted by Crippen LogP contribution is 2.19.